The van der Waals surface area contributed by atoms with E-state index in [0.717, 1.165) is 11.9 Å². The minimum absolute atomic E-state index is 0.0545. The van der Waals surface area contributed by atoms with Crippen molar-refractivity contribution in [3.05, 3.63) is 22.1 Å². The lowest BCUT2D eigenvalue weighted by molar-refractivity contribution is -0.392. The third-order valence-corrected chi connectivity index (χ3v) is 2.68. The molecule has 0 fully saturated rings. The molecule has 0 saturated heterocycles. The molecule has 0 saturated carbocycles. The van der Waals surface area contributed by atoms with E-state index < -0.39 is 11.0 Å². The standard InChI is InChI=1S/C8H12N4O4S/c1-6-9-5-7(12(14)15)11(6)3-4-17-10-8(13)16-2/h5H,3-4H2,1-2H3,(H,10,13). The maximum Gasteiger partial charge on any atom is 0.416 e. The van der Waals surface area contributed by atoms with Crippen molar-refractivity contribution in [3.63, 3.8) is 0 Å². The number of aromatic nitrogens is 2. The fourth-order valence-corrected chi connectivity index (χ4v) is 1.74. The lowest BCUT2D eigenvalue weighted by Crippen LogP contribution is -2.17. The largest absolute Gasteiger partial charge is 0.452 e. The summed E-state index contributed by atoms with van der Waals surface area (Å²) < 4.78 is 8.27. The van der Waals surface area contributed by atoms with Gasteiger partial charge in [-0.1, -0.05) is 0 Å². The van der Waals surface area contributed by atoms with E-state index in [1.54, 1.807) is 6.92 Å². The van der Waals surface area contributed by atoms with Gasteiger partial charge in [0.25, 0.3) is 0 Å². The summed E-state index contributed by atoms with van der Waals surface area (Å²) in [5.41, 5.74) is 0. The molecular weight excluding hydrogens is 248 g/mol. The fourth-order valence-electron chi connectivity index (χ4n) is 1.17. The van der Waals surface area contributed by atoms with E-state index in [0.29, 0.717) is 18.1 Å². The smallest absolute Gasteiger partial charge is 0.416 e. The van der Waals surface area contributed by atoms with Gasteiger partial charge in [0.15, 0.2) is 5.82 Å². The van der Waals surface area contributed by atoms with Gasteiger partial charge in [-0.3, -0.25) is 4.72 Å². The van der Waals surface area contributed by atoms with Crippen molar-refractivity contribution in [2.75, 3.05) is 12.9 Å². The van der Waals surface area contributed by atoms with E-state index in [1.807, 2.05) is 0 Å². The van der Waals surface area contributed by atoms with Crippen LogP contribution >= 0.6 is 11.9 Å². The molecule has 0 aromatic carbocycles. The van der Waals surface area contributed by atoms with Gasteiger partial charge < -0.3 is 14.9 Å². The van der Waals surface area contributed by atoms with Crippen LogP contribution in [0.5, 0.6) is 0 Å². The Balaban J connectivity index is 2.49. The Morgan fingerprint density at radius 2 is 2.47 bits per heavy atom. The number of nitrogens with one attached hydrogen (secondary N) is 1. The van der Waals surface area contributed by atoms with Gasteiger partial charge in [-0.15, -0.1) is 0 Å². The van der Waals surface area contributed by atoms with E-state index in [-0.39, 0.29) is 5.82 Å². The molecule has 0 spiro atoms. The SMILES string of the molecule is COC(=O)NSCCn1c([N+](=O)[O-])cnc1C. The van der Waals surface area contributed by atoms with Crippen molar-refractivity contribution in [1.82, 2.24) is 14.3 Å². The molecule has 1 amide bonds. The zero-order chi connectivity index (χ0) is 12.8. The fraction of sp³-hybridized carbons (Fsp3) is 0.500. The minimum Gasteiger partial charge on any atom is -0.452 e. The first-order chi connectivity index (χ1) is 8.06. The van der Waals surface area contributed by atoms with Gasteiger partial charge in [-0.25, -0.2) is 14.3 Å². The number of carbonyl (C=O) groups excluding carboxylic acids is 1. The molecule has 9 heteroatoms. The Kier molecular flexibility index (Phi) is 4.76. The number of rotatable bonds is 5. The Bertz CT molecular complexity index is 420. The van der Waals surface area contributed by atoms with E-state index in [9.17, 15) is 14.9 Å². The Morgan fingerprint density at radius 3 is 3.06 bits per heavy atom. The van der Waals surface area contributed by atoms with Crippen LogP contribution in [0.4, 0.5) is 10.6 Å². The molecule has 94 valence electrons. The number of amides is 1. The number of hydrogen-bond donors (Lipinski definition) is 1. The predicted octanol–water partition coefficient (Wildman–Crippen LogP) is 1.10. The van der Waals surface area contributed by atoms with Crippen molar-refractivity contribution >= 4 is 23.9 Å². The van der Waals surface area contributed by atoms with Crippen LogP contribution in [-0.2, 0) is 11.3 Å². The van der Waals surface area contributed by atoms with Crippen LogP contribution in [-0.4, -0.2) is 33.4 Å². The molecule has 0 bridgehead atoms. The summed E-state index contributed by atoms with van der Waals surface area (Å²) in [6, 6.07) is 0. The molecule has 0 unspecified atom stereocenters. The van der Waals surface area contributed by atoms with Crippen LogP contribution in [0.1, 0.15) is 5.82 Å². The summed E-state index contributed by atoms with van der Waals surface area (Å²) >= 11 is 1.12. The number of ether oxygens (including phenoxy) is 1. The highest BCUT2D eigenvalue weighted by Gasteiger charge is 2.16. The van der Waals surface area contributed by atoms with Crippen LogP contribution < -0.4 is 4.72 Å². The molecule has 8 nitrogen and oxygen atoms in total. The van der Waals surface area contributed by atoms with Gasteiger partial charge in [-0.05, 0) is 16.9 Å². The van der Waals surface area contributed by atoms with Gasteiger partial charge in [0.2, 0.25) is 0 Å². The molecule has 17 heavy (non-hydrogen) atoms. The molecule has 0 radical (unpaired) electrons. The van der Waals surface area contributed by atoms with Gasteiger partial charge in [0.1, 0.15) is 12.7 Å². The minimum atomic E-state index is -0.549. The molecular formula is C8H12N4O4S. The molecule has 0 aliphatic rings. The van der Waals surface area contributed by atoms with Crippen LogP contribution in [0, 0.1) is 17.0 Å². The summed E-state index contributed by atoms with van der Waals surface area (Å²) in [6.07, 6.45) is 0.667. The van der Waals surface area contributed by atoms with Crippen molar-refractivity contribution in [2.45, 2.75) is 13.5 Å². The highest BCUT2D eigenvalue weighted by molar-refractivity contribution is 7.97. The number of aryl methyl sites for hydroxylation is 1. The average molecular weight is 260 g/mol. The zero-order valence-electron chi connectivity index (χ0n) is 9.37. The first-order valence-electron chi connectivity index (χ1n) is 4.68. The van der Waals surface area contributed by atoms with E-state index in [1.165, 1.54) is 17.9 Å². The molecule has 1 N–H and O–H groups in total. The van der Waals surface area contributed by atoms with Crippen LogP contribution in [0.25, 0.3) is 0 Å². The van der Waals surface area contributed by atoms with Crippen molar-refractivity contribution in [2.24, 2.45) is 0 Å². The third kappa shape index (κ3) is 3.63. The summed E-state index contributed by atoms with van der Waals surface area (Å²) in [5, 5.41) is 10.7. The Morgan fingerprint density at radius 1 is 1.76 bits per heavy atom. The van der Waals surface area contributed by atoms with E-state index in [4.69, 9.17) is 0 Å². The van der Waals surface area contributed by atoms with Crippen LogP contribution in [0.2, 0.25) is 0 Å². The van der Waals surface area contributed by atoms with Crippen LogP contribution in [0.15, 0.2) is 6.20 Å². The number of carbonyl (C=O) groups is 1. The average Bonchev–Trinajstić information content (AvgIpc) is 2.66. The molecule has 1 aromatic rings. The maximum absolute atomic E-state index is 10.7. The quantitative estimate of drug-likeness (QED) is 0.368. The molecule has 1 heterocycles. The number of imidazole rings is 1. The topological polar surface area (TPSA) is 99.3 Å². The normalized spacial score (nSPS) is 10.0. The molecule has 0 aliphatic heterocycles. The van der Waals surface area contributed by atoms with E-state index >= 15 is 0 Å². The first-order valence-corrected chi connectivity index (χ1v) is 5.67. The lowest BCUT2D eigenvalue weighted by Gasteiger charge is -2.03. The molecule has 1 aromatic heterocycles. The number of methoxy groups -OCH3 is 1. The molecule has 0 aliphatic carbocycles. The van der Waals surface area contributed by atoms with Gasteiger partial charge in [-0.2, -0.15) is 0 Å². The van der Waals surface area contributed by atoms with E-state index in [2.05, 4.69) is 14.4 Å². The van der Waals surface area contributed by atoms with Gasteiger partial charge >= 0.3 is 11.9 Å². The second kappa shape index (κ2) is 6.09. The highest BCUT2D eigenvalue weighted by atomic mass is 32.2. The van der Waals surface area contributed by atoms with Gasteiger partial charge in [0, 0.05) is 6.92 Å². The lowest BCUT2D eigenvalue weighted by atomic mass is 10.6. The predicted molar refractivity (Wildman–Crippen MR) is 61.6 cm³/mol. The monoisotopic (exact) mass is 260 g/mol. The Labute approximate surface area is 102 Å². The maximum atomic E-state index is 10.7. The number of hydrogen-bond acceptors (Lipinski definition) is 6. The summed E-state index contributed by atoms with van der Waals surface area (Å²) in [6.45, 7) is 2.07. The molecule has 1 rings (SSSR count). The molecule has 0 atom stereocenters. The Hall–Kier alpha value is -1.77. The first kappa shape index (κ1) is 13.3. The second-order valence-corrected chi connectivity index (χ2v) is 3.92. The van der Waals surface area contributed by atoms with Crippen LogP contribution in [0.3, 0.4) is 0 Å². The van der Waals surface area contributed by atoms with Crippen molar-refractivity contribution in [1.29, 1.82) is 0 Å². The summed E-state index contributed by atoms with van der Waals surface area (Å²) in [7, 11) is 1.26. The third-order valence-electron chi connectivity index (χ3n) is 1.98. The second-order valence-electron chi connectivity index (χ2n) is 3.01. The zero-order valence-corrected chi connectivity index (χ0v) is 10.2. The summed E-state index contributed by atoms with van der Waals surface area (Å²) in [5.74, 6) is 0.990. The van der Waals surface area contributed by atoms with Gasteiger partial charge in [0.05, 0.1) is 12.9 Å². The number of nitrogens with zero attached hydrogens (tertiary/aromatic N) is 3. The summed E-state index contributed by atoms with van der Waals surface area (Å²) in [4.78, 5) is 24.8. The van der Waals surface area contributed by atoms with Crippen molar-refractivity contribution in [3.8, 4) is 0 Å². The highest BCUT2D eigenvalue weighted by Crippen LogP contribution is 2.14. The van der Waals surface area contributed by atoms with Crippen molar-refractivity contribution < 1.29 is 14.5 Å². The number of nitro groups is 1.